The summed E-state index contributed by atoms with van der Waals surface area (Å²) in [6.45, 7) is -0.150. The van der Waals surface area contributed by atoms with Crippen molar-refractivity contribution in [2.75, 3.05) is 13.7 Å². The second-order valence-electron chi connectivity index (χ2n) is 3.19. The van der Waals surface area contributed by atoms with Crippen LogP contribution in [0.3, 0.4) is 0 Å². The largest absolute Gasteiger partial charge is 0.491 e. The quantitative estimate of drug-likeness (QED) is 0.768. The highest BCUT2D eigenvalue weighted by Gasteiger charge is 2.29. The van der Waals surface area contributed by atoms with Crippen molar-refractivity contribution < 1.29 is 27.4 Å². The molecule has 17 heavy (non-hydrogen) atoms. The van der Waals surface area contributed by atoms with Gasteiger partial charge in [0.15, 0.2) is 18.1 Å². The number of rotatable bonds is 4. The number of ketones is 1. The van der Waals surface area contributed by atoms with Gasteiger partial charge in [0.05, 0.1) is 7.11 Å². The van der Waals surface area contributed by atoms with Gasteiger partial charge in [-0.3, -0.25) is 4.79 Å². The van der Waals surface area contributed by atoms with Crippen molar-refractivity contribution in [2.45, 2.75) is 13.1 Å². The number of methoxy groups -OCH3 is 1. The van der Waals surface area contributed by atoms with E-state index in [1.54, 1.807) is 0 Å². The fourth-order valence-electron chi connectivity index (χ4n) is 1.03. The van der Waals surface area contributed by atoms with Gasteiger partial charge in [0, 0.05) is 11.8 Å². The lowest BCUT2D eigenvalue weighted by Gasteiger charge is -2.11. The van der Waals surface area contributed by atoms with Gasteiger partial charge in [-0.1, -0.05) is 0 Å². The van der Waals surface area contributed by atoms with E-state index in [0.717, 1.165) is 6.20 Å². The second-order valence-corrected chi connectivity index (χ2v) is 3.19. The molecule has 0 atom stereocenters. The molecule has 0 N–H and O–H groups in total. The number of aromatic nitrogens is 1. The highest BCUT2D eigenvalue weighted by atomic mass is 19.4. The molecule has 94 valence electrons. The summed E-state index contributed by atoms with van der Waals surface area (Å²) >= 11 is 0. The highest BCUT2D eigenvalue weighted by Crippen LogP contribution is 2.27. The van der Waals surface area contributed by atoms with Crippen LogP contribution in [0.2, 0.25) is 0 Å². The Morgan fingerprint density at radius 2 is 2.12 bits per heavy atom. The van der Waals surface area contributed by atoms with E-state index in [1.165, 1.54) is 20.1 Å². The Balaban J connectivity index is 2.89. The maximum absolute atomic E-state index is 11.9. The molecule has 1 aromatic heterocycles. The van der Waals surface area contributed by atoms with E-state index in [0.29, 0.717) is 0 Å². The number of pyridine rings is 1. The number of carbonyl (C=O) groups excluding carboxylic acids is 1. The number of alkyl halides is 3. The molecule has 0 spiro atoms. The lowest BCUT2D eigenvalue weighted by atomic mass is 10.2. The molecule has 0 bridgehead atoms. The maximum Gasteiger partial charge on any atom is 0.422 e. The lowest BCUT2D eigenvalue weighted by molar-refractivity contribution is -0.154. The number of ether oxygens (including phenoxy) is 2. The van der Waals surface area contributed by atoms with Crippen LogP contribution in [0.1, 0.15) is 17.3 Å². The normalized spacial score (nSPS) is 11.1. The third-order valence-corrected chi connectivity index (χ3v) is 1.82. The summed E-state index contributed by atoms with van der Waals surface area (Å²) in [4.78, 5) is 14.6. The summed E-state index contributed by atoms with van der Waals surface area (Å²) in [7, 11) is 1.25. The summed E-state index contributed by atoms with van der Waals surface area (Å²) in [6.07, 6.45) is -3.32. The molecule has 1 rings (SSSR count). The molecule has 0 unspecified atom stereocenters. The monoisotopic (exact) mass is 249 g/mol. The molecule has 0 aliphatic carbocycles. The van der Waals surface area contributed by atoms with E-state index in [1.807, 2.05) is 0 Å². The van der Waals surface area contributed by atoms with Gasteiger partial charge in [-0.2, -0.15) is 13.2 Å². The van der Waals surface area contributed by atoms with Crippen LogP contribution < -0.4 is 9.47 Å². The van der Waals surface area contributed by atoms with Gasteiger partial charge in [-0.05, 0) is 13.0 Å². The van der Waals surface area contributed by atoms with Crippen LogP contribution in [0.15, 0.2) is 12.3 Å². The predicted octanol–water partition coefficient (Wildman–Crippen LogP) is 2.23. The number of nitrogens with zero attached hydrogens (tertiary/aromatic N) is 1. The second kappa shape index (κ2) is 5.03. The molecule has 0 saturated carbocycles. The fraction of sp³-hybridized carbons (Fsp3) is 0.400. The molecule has 4 nitrogen and oxygen atoms in total. The Labute approximate surface area is 95.4 Å². The number of carbonyl (C=O) groups is 1. The molecule has 7 heteroatoms. The van der Waals surface area contributed by atoms with Gasteiger partial charge in [0.1, 0.15) is 0 Å². The zero-order chi connectivity index (χ0) is 13.1. The average Bonchev–Trinajstić information content (AvgIpc) is 2.24. The first-order valence-corrected chi connectivity index (χ1v) is 4.58. The fourth-order valence-corrected chi connectivity index (χ4v) is 1.03. The minimum Gasteiger partial charge on any atom is -0.491 e. The lowest BCUT2D eigenvalue weighted by Crippen LogP contribution is -2.20. The highest BCUT2D eigenvalue weighted by molar-refractivity contribution is 5.94. The number of hydrogen-bond donors (Lipinski definition) is 0. The number of halogens is 3. The standard InChI is InChI=1S/C10H10F3NO3/c1-6(15)7-3-8(16-2)9(14-4-7)17-5-10(11,12)13/h3-4H,5H2,1-2H3. The van der Waals surface area contributed by atoms with Crippen LogP contribution >= 0.6 is 0 Å². The van der Waals surface area contributed by atoms with Crippen LogP contribution in [-0.2, 0) is 0 Å². The average molecular weight is 249 g/mol. The first-order chi connectivity index (χ1) is 7.83. The van der Waals surface area contributed by atoms with Crippen molar-refractivity contribution in [1.82, 2.24) is 4.98 Å². The van der Waals surface area contributed by atoms with Gasteiger partial charge in [0.25, 0.3) is 5.88 Å². The summed E-state index contributed by atoms with van der Waals surface area (Å²) in [5.41, 5.74) is 0.237. The number of hydrogen-bond acceptors (Lipinski definition) is 4. The molecule has 0 saturated heterocycles. The van der Waals surface area contributed by atoms with Gasteiger partial charge >= 0.3 is 6.18 Å². The molecular weight excluding hydrogens is 239 g/mol. The molecule has 0 aromatic carbocycles. The van der Waals surface area contributed by atoms with Crippen molar-refractivity contribution in [3.63, 3.8) is 0 Å². The Hall–Kier alpha value is -1.79. The SMILES string of the molecule is COc1cc(C(C)=O)cnc1OCC(F)(F)F. The zero-order valence-electron chi connectivity index (χ0n) is 9.17. The van der Waals surface area contributed by atoms with Gasteiger partial charge in [0.2, 0.25) is 0 Å². The summed E-state index contributed by atoms with van der Waals surface area (Å²) in [5.74, 6) is -0.574. The maximum atomic E-state index is 11.9. The van der Waals surface area contributed by atoms with E-state index < -0.39 is 12.8 Å². The van der Waals surface area contributed by atoms with Gasteiger partial charge < -0.3 is 9.47 Å². The molecule has 0 aliphatic heterocycles. The molecule has 1 heterocycles. The topological polar surface area (TPSA) is 48.4 Å². The van der Waals surface area contributed by atoms with Crippen molar-refractivity contribution in [2.24, 2.45) is 0 Å². The van der Waals surface area contributed by atoms with Crippen LogP contribution in [0.5, 0.6) is 11.6 Å². The minimum absolute atomic E-state index is 0.0121. The zero-order valence-corrected chi connectivity index (χ0v) is 9.17. The molecule has 0 aliphatic rings. The first-order valence-electron chi connectivity index (χ1n) is 4.58. The third kappa shape index (κ3) is 3.93. The molecule has 1 aromatic rings. The smallest absolute Gasteiger partial charge is 0.422 e. The van der Waals surface area contributed by atoms with E-state index in [-0.39, 0.29) is 23.0 Å². The first kappa shape index (κ1) is 13.3. The minimum atomic E-state index is -4.45. The van der Waals surface area contributed by atoms with E-state index in [9.17, 15) is 18.0 Å². The van der Waals surface area contributed by atoms with Crippen molar-refractivity contribution in [1.29, 1.82) is 0 Å². The van der Waals surface area contributed by atoms with Crippen molar-refractivity contribution in [3.8, 4) is 11.6 Å². The molecule has 0 fully saturated rings. The Morgan fingerprint density at radius 1 is 1.47 bits per heavy atom. The van der Waals surface area contributed by atoms with Crippen molar-refractivity contribution in [3.05, 3.63) is 17.8 Å². The Bertz CT molecular complexity index is 418. The molecule has 0 radical (unpaired) electrons. The van der Waals surface area contributed by atoms with E-state index in [4.69, 9.17) is 4.74 Å². The molecular formula is C10H10F3NO3. The van der Waals surface area contributed by atoms with Crippen LogP contribution in [0, 0.1) is 0 Å². The van der Waals surface area contributed by atoms with Gasteiger partial charge in [-0.25, -0.2) is 4.98 Å². The van der Waals surface area contributed by atoms with Crippen LogP contribution in [0.4, 0.5) is 13.2 Å². The summed E-state index contributed by atoms with van der Waals surface area (Å²) < 4.78 is 45.1. The summed E-state index contributed by atoms with van der Waals surface area (Å²) in [5, 5.41) is 0. The van der Waals surface area contributed by atoms with E-state index >= 15 is 0 Å². The van der Waals surface area contributed by atoms with Crippen LogP contribution in [0.25, 0.3) is 0 Å². The van der Waals surface area contributed by atoms with Gasteiger partial charge in [-0.15, -0.1) is 0 Å². The summed E-state index contributed by atoms with van der Waals surface area (Å²) in [6, 6.07) is 1.28. The molecule has 0 amide bonds. The third-order valence-electron chi connectivity index (χ3n) is 1.82. The van der Waals surface area contributed by atoms with E-state index in [2.05, 4.69) is 9.72 Å². The Kier molecular flexibility index (Phi) is 3.93. The Morgan fingerprint density at radius 3 is 2.59 bits per heavy atom. The predicted molar refractivity (Wildman–Crippen MR) is 52.3 cm³/mol. The van der Waals surface area contributed by atoms with Crippen LogP contribution in [-0.4, -0.2) is 30.7 Å². The van der Waals surface area contributed by atoms with Crippen molar-refractivity contribution >= 4 is 5.78 Å². The number of Topliss-reactive ketones (excluding diaryl/α,β-unsaturated/α-hetero) is 1.